The molecule has 3 rings (SSSR count). The lowest BCUT2D eigenvalue weighted by molar-refractivity contribution is -0.116. The highest BCUT2D eigenvalue weighted by Gasteiger charge is 2.26. The van der Waals surface area contributed by atoms with E-state index in [1.807, 2.05) is 30.5 Å². The molecule has 4 nitrogen and oxygen atoms in total. The van der Waals surface area contributed by atoms with Crippen molar-refractivity contribution in [1.29, 1.82) is 0 Å². The number of carbonyl (C=O) groups is 2. The first kappa shape index (κ1) is 20.7. The van der Waals surface area contributed by atoms with Crippen LogP contribution in [0.1, 0.15) is 22.2 Å². The highest BCUT2D eigenvalue weighted by Crippen LogP contribution is 2.41. The Balaban J connectivity index is 1.66. The van der Waals surface area contributed by atoms with Crippen molar-refractivity contribution in [2.75, 3.05) is 12.8 Å². The number of hydrogen-bond donors (Lipinski definition) is 1. The number of thiophene rings is 1. The Kier molecular flexibility index (Phi) is 6.65. The largest absolute Gasteiger partial charge is 0.486 e. The molecule has 1 aliphatic rings. The minimum Gasteiger partial charge on any atom is -0.486 e. The molecule has 0 radical (unpaired) electrons. The molecular formula is C21H20ClNO3S2. The standard InChI is InChI=1S/C21H20ClNO3S2/c1-12(27-3)4-7-20(25)23-11-16-9-15-8-14(10-17(22)21(15)26-16)19-6-5-18(28-19)13(2)24/h4-8,10,16H,1,9,11H2,2-3H3,(H,23,25). The maximum Gasteiger partial charge on any atom is 0.244 e. The Labute approximate surface area is 177 Å². The maximum atomic E-state index is 11.9. The second kappa shape index (κ2) is 8.99. The summed E-state index contributed by atoms with van der Waals surface area (Å²) in [5.74, 6) is 0.536. The van der Waals surface area contributed by atoms with E-state index < -0.39 is 0 Å². The third-order valence-corrected chi connectivity index (χ3v) is 6.45. The highest BCUT2D eigenvalue weighted by atomic mass is 35.5. The summed E-state index contributed by atoms with van der Waals surface area (Å²) in [7, 11) is 0. The Morgan fingerprint density at radius 3 is 2.86 bits per heavy atom. The van der Waals surface area contributed by atoms with Crippen molar-refractivity contribution < 1.29 is 14.3 Å². The first-order valence-corrected chi connectivity index (χ1v) is 11.1. The van der Waals surface area contributed by atoms with Gasteiger partial charge in [-0.2, -0.15) is 0 Å². The molecule has 0 spiro atoms. The van der Waals surface area contributed by atoms with Gasteiger partial charge in [0.25, 0.3) is 0 Å². The van der Waals surface area contributed by atoms with Crippen molar-refractivity contribution in [1.82, 2.24) is 5.32 Å². The average molecular weight is 434 g/mol. The number of nitrogens with one attached hydrogen (secondary N) is 1. The number of rotatable bonds is 7. The lowest BCUT2D eigenvalue weighted by atomic mass is 10.1. The number of thioether (sulfide) groups is 1. The molecular weight excluding hydrogens is 414 g/mol. The minimum atomic E-state index is -0.183. The first-order chi connectivity index (χ1) is 13.4. The molecule has 0 bridgehead atoms. The molecule has 0 aliphatic carbocycles. The number of allylic oxidation sites excluding steroid dienone is 1. The lowest BCUT2D eigenvalue weighted by Gasteiger charge is -2.11. The predicted octanol–water partition coefficient (Wildman–Crippen LogP) is 5.12. The van der Waals surface area contributed by atoms with Crippen LogP contribution in [0.3, 0.4) is 0 Å². The molecule has 1 N–H and O–H groups in total. The molecule has 0 fully saturated rings. The number of fused-ring (bicyclic) bond motifs is 1. The minimum absolute atomic E-state index is 0.0535. The fraction of sp³-hybridized carbons (Fsp3) is 0.238. The Morgan fingerprint density at radius 2 is 2.18 bits per heavy atom. The Morgan fingerprint density at radius 1 is 1.39 bits per heavy atom. The van der Waals surface area contributed by atoms with Gasteiger partial charge in [0.05, 0.1) is 16.4 Å². The van der Waals surface area contributed by atoms with Gasteiger partial charge in [0.1, 0.15) is 11.9 Å². The van der Waals surface area contributed by atoms with Crippen LogP contribution < -0.4 is 10.1 Å². The molecule has 0 saturated heterocycles. The number of ether oxygens (including phenoxy) is 1. The zero-order chi connectivity index (χ0) is 20.3. The molecule has 1 aromatic carbocycles. The molecule has 1 aromatic heterocycles. The van der Waals surface area contributed by atoms with E-state index in [-0.39, 0.29) is 17.8 Å². The number of benzene rings is 1. The molecule has 2 aromatic rings. The van der Waals surface area contributed by atoms with E-state index in [4.69, 9.17) is 16.3 Å². The van der Waals surface area contributed by atoms with Gasteiger partial charge in [-0.25, -0.2) is 0 Å². The summed E-state index contributed by atoms with van der Waals surface area (Å²) in [6, 6.07) is 7.66. The summed E-state index contributed by atoms with van der Waals surface area (Å²) < 4.78 is 5.93. The van der Waals surface area contributed by atoms with Gasteiger partial charge < -0.3 is 10.1 Å². The Hall–Kier alpha value is -2.02. The molecule has 28 heavy (non-hydrogen) atoms. The van der Waals surface area contributed by atoms with Crippen molar-refractivity contribution in [3.05, 3.63) is 63.4 Å². The normalized spacial score (nSPS) is 15.3. The Bertz CT molecular complexity index is 965. The van der Waals surface area contributed by atoms with Crippen molar-refractivity contribution in [2.24, 2.45) is 0 Å². The van der Waals surface area contributed by atoms with Gasteiger partial charge in [0.2, 0.25) is 5.91 Å². The third-order valence-electron chi connectivity index (χ3n) is 4.28. The number of ketones is 1. The van der Waals surface area contributed by atoms with E-state index in [0.29, 0.717) is 23.7 Å². The molecule has 1 amide bonds. The SMILES string of the molecule is C=C(C=CC(=O)NCC1Cc2cc(-c3ccc(C(C)=O)s3)cc(Cl)c2O1)SC. The second-order valence-electron chi connectivity index (χ2n) is 6.36. The van der Waals surface area contributed by atoms with Crippen LogP contribution in [-0.4, -0.2) is 30.6 Å². The topological polar surface area (TPSA) is 55.4 Å². The fourth-order valence-corrected chi connectivity index (χ4v) is 4.21. The average Bonchev–Trinajstić information content (AvgIpc) is 3.31. The summed E-state index contributed by atoms with van der Waals surface area (Å²) in [5.41, 5.74) is 1.97. The number of hydrogen-bond acceptors (Lipinski definition) is 5. The van der Waals surface area contributed by atoms with Crippen molar-refractivity contribution >= 4 is 46.4 Å². The van der Waals surface area contributed by atoms with Gasteiger partial charge in [-0.1, -0.05) is 18.2 Å². The third kappa shape index (κ3) is 4.87. The van der Waals surface area contributed by atoms with Gasteiger partial charge in [0.15, 0.2) is 5.78 Å². The first-order valence-electron chi connectivity index (χ1n) is 8.66. The zero-order valence-corrected chi connectivity index (χ0v) is 18.0. The quantitative estimate of drug-likeness (QED) is 0.374. The second-order valence-corrected chi connectivity index (χ2v) is 8.78. The molecule has 1 aliphatic heterocycles. The van der Waals surface area contributed by atoms with Gasteiger partial charge in [-0.05, 0) is 54.0 Å². The van der Waals surface area contributed by atoms with Crippen LogP contribution in [0, 0.1) is 0 Å². The van der Waals surface area contributed by atoms with E-state index in [2.05, 4.69) is 11.9 Å². The highest BCUT2D eigenvalue weighted by molar-refractivity contribution is 8.02. The van der Waals surface area contributed by atoms with Crippen molar-refractivity contribution in [3.63, 3.8) is 0 Å². The monoisotopic (exact) mass is 433 g/mol. The maximum absolute atomic E-state index is 11.9. The van der Waals surface area contributed by atoms with Gasteiger partial charge in [-0.3, -0.25) is 9.59 Å². The van der Waals surface area contributed by atoms with Crippen LogP contribution in [0.4, 0.5) is 0 Å². The number of amides is 1. The summed E-state index contributed by atoms with van der Waals surface area (Å²) in [5, 5.41) is 3.38. The van der Waals surface area contributed by atoms with E-state index >= 15 is 0 Å². The molecule has 7 heteroatoms. The zero-order valence-electron chi connectivity index (χ0n) is 15.6. The fourth-order valence-electron chi connectivity index (χ4n) is 2.84. The summed E-state index contributed by atoms with van der Waals surface area (Å²) in [6.07, 6.45) is 5.55. The van der Waals surface area contributed by atoms with Crippen molar-refractivity contribution in [3.8, 4) is 16.2 Å². The summed E-state index contributed by atoms with van der Waals surface area (Å²) in [4.78, 5) is 26.0. The van der Waals surface area contributed by atoms with Crippen molar-refractivity contribution in [2.45, 2.75) is 19.4 Å². The van der Waals surface area contributed by atoms with Crippen LogP contribution in [0.2, 0.25) is 5.02 Å². The van der Waals surface area contributed by atoms with Crippen LogP contribution in [0.5, 0.6) is 5.75 Å². The number of halogens is 1. The lowest BCUT2D eigenvalue weighted by Crippen LogP contribution is -2.33. The summed E-state index contributed by atoms with van der Waals surface area (Å²) in [6.45, 7) is 5.75. The molecule has 0 saturated carbocycles. The van der Waals surface area contributed by atoms with Gasteiger partial charge >= 0.3 is 0 Å². The molecule has 1 atom stereocenters. The number of Topliss-reactive ketones (excluding diaryl/α,β-unsaturated/α-hetero) is 1. The molecule has 146 valence electrons. The van der Waals surface area contributed by atoms with E-state index in [1.54, 1.807) is 13.0 Å². The van der Waals surface area contributed by atoms with Gasteiger partial charge in [0, 0.05) is 22.9 Å². The molecule has 2 heterocycles. The van der Waals surface area contributed by atoms with Gasteiger partial charge in [-0.15, -0.1) is 23.1 Å². The van der Waals surface area contributed by atoms with Crippen LogP contribution >= 0.6 is 34.7 Å². The smallest absolute Gasteiger partial charge is 0.244 e. The van der Waals surface area contributed by atoms with Crippen LogP contribution in [0.25, 0.3) is 10.4 Å². The molecule has 1 unspecified atom stereocenters. The van der Waals surface area contributed by atoms with E-state index in [1.165, 1.54) is 29.2 Å². The number of carbonyl (C=O) groups excluding carboxylic acids is 2. The predicted molar refractivity (Wildman–Crippen MR) is 118 cm³/mol. The van der Waals surface area contributed by atoms with E-state index in [0.717, 1.165) is 25.8 Å². The van der Waals surface area contributed by atoms with Crippen LogP contribution in [0.15, 0.2) is 47.9 Å². The van der Waals surface area contributed by atoms with Crippen LogP contribution in [-0.2, 0) is 11.2 Å². The summed E-state index contributed by atoms with van der Waals surface area (Å²) >= 11 is 9.36. The van der Waals surface area contributed by atoms with E-state index in [9.17, 15) is 9.59 Å².